The molecule has 1 N–H and O–H groups in total. The van der Waals surface area contributed by atoms with E-state index < -0.39 is 16.1 Å². The summed E-state index contributed by atoms with van der Waals surface area (Å²) < 4.78 is 33.5. The lowest BCUT2D eigenvalue weighted by atomic mass is 9.93. The van der Waals surface area contributed by atoms with Crippen molar-refractivity contribution in [1.82, 2.24) is 9.21 Å². The number of ether oxygens (including phenoxy) is 1. The van der Waals surface area contributed by atoms with Gasteiger partial charge in [0.05, 0.1) is 19.1 Å². The van der Waals surface area contributed by atoms with Gasteiger partial charge in [0.25, 0.3) is 0 Å². The fourth-order valence-electron chi connectivity index (χ4n) is 4.43. The molecule has 0 radical (unpaired) electrons. The van der Waals surface area contributed by atoms with Crippen LogP contribution in [0.2, 0.25) is 0 Å². The highest BCUT2D eigenvalue weighted by Gasteiger charge is 2.31. The standard InChI is InChI=1S/C25H29N3O5S/c1-3-33-23-11-10-20(16-24(23)34(31,32)27-13-6-7-14-27)26-25(30)17-22-21-9-5-4-8-19(21)12-15-28(22)18(2)29/h4-5,8-12,15-16,22H,3,6-7,13-14,17H2,1-2H3,(H,26,30). The number of rotatable bonds is 7. The van der Waals surface area contributed by atoms with Crippen molar-refractivity contribution in [3.05, 3.63) is 59.8 Å². The average molecular weight is 484 g/mol. The number of carbonyl (C=O) groups is 2. The smallest absolute Gasteiger partial charge is 0.246 e. The first-order valence-electron chi connectivity index (χ1n) is 11.4. The van der Waals surface area contributed by atoms with Crippen molar-refractivity contribution >= 4 is 33.6 Å². The molecule has 2 aromatic carbocycles. The van der Waals surface area contributed by atoms with Crippen LogP contribution in [-0.2, 0) is 19.6 Å². The molecule has 1 saturated heterocycles. The molecule has 2 aliphatic rings. The second-order valence-corrected chi connectivity index (χ2v) is 10.3. The van der Waals surface area contributed by atoms with E-state index in [0.717, 1.165) is 24.0 Å². The SMILES string of the molecule is CCOc1ccc(NC(=O)CC2c3ccccc3C=CN2C(C)=O)cc1S(=O)(=O)N1CCCC1. The second kappa shape index (κ2) is 9.99. The summed E-state index contributed by atoms with van der Waals surface area (Å²) in [4.78, 5) is 26.8. The Balaban J connectivity index is 1.58. The molecule has 9 heteroatoms. The van der Waals surface area contributed by atoms with E-state index in [1.807, 2.05) is 30.3 Å². The van der Waals surface area contributed by atoms with Crippen LogP contribution in [0, 0.1) is 0 Å². The van der Waals surface area contributed by atoms with Gasteiger partial charge in [-0.3, -0.25) is 9.59 Å². The maximum Gasteiger partial charge on any atom is 0.246 e. The van der Waals surface area contributed by atoms with Crippen molar-refractivity contribution in [3.8, 4) is 5.75 Å². The Kier molecular flexibility index (Phi) is 7.04. The zero-order chi connectivity index (χ0) is 24.3. The Hall–Kier alpha value is -3.17. The van der Waals surface area contributed by atoms with Crippen LogP contribution in [-0.4, -0.2) is 49.1 Å². The molecule has 0 bridgehead atoms. The number of fused-ring (bicyclic) bond motifs is 1. The van der Waals surface area contributed by atoms with Crippen LogP contribution in [0.1, 0.15) is 50.3 Å². The van der Waals surface area contributed by atoms with Crippen LogP contribution in [0.5, 0.6) is 5.75 Å². The van der Waals surface area contributed by atoms with Crippen LogP contribution in [0.4, 0.5) is 5.69 Å². The van der Waals surface area contributed by atoms with Crippen molar-refractivity contribution in [2.75, 3.05) is 25.0 Å². The molecular formula is C25H29N3O5S. The van der Waals surface area contributed by atoms with Crippen LogP contribution in [0.3, 0.4) is 0 Å². The van der Waals surface area contributed by atoms with Gasteiger partial charge in [-0.25, -0.2) is 8.42 Å². The van der Waals surface area contributed by atoms with Crippen LogP contribution < -0.4 is 10.1 Å². The van der Waals surface area contributed by atoms with E-state index in [1.54, 1.807) is 30.2 Å². The third-order valence-electron chi connectivity index (χ3n) is 6.06. The van der Waals surface area contributed by atoms with E-state index in [9.17, 15) is 18.0 Å². The Labute approximate surface area is 200 Å². The molecule has 2 aromatic rings. The molecule has 0 saturated carbocycles. The van der Waals surface area contributed by atoms with Crippen LogP contribution in [0.15, 0.2) is 53.6 Å². The first kappa shape index (κ1) is 24.0. The Bertz CT molecular complexity index is 1220. The van der Waals surface area contributed by atoms with E-state index in [2.05, 4.69) is 5.32 Å². The van der Waals surface area contributed by atoms with Gasteiger partial charge < -0.3 is 15.0 Å². The molecule has 4 rings (SSSR count). The second-order valence-electron chi connectivity index (χ2n) is 8.34. The number of hydrogen-bond acceptors (Lipinski definition) is 5. The number of anilines is 1. The number of amides is 2. The predicted octanol–water partition coefficient (Wildman–Crippen LogP) is 3.77. The normalized spacial score (nSPS) is 17.9. The largest absolute Gasteiger partial charge is 0.492 e. The molecule has 0 aromatic heterocycles. The third-order valence-corrected chi connectivity index (χ3v) is 7.98. The minimum Gasteiger partial charge on any atom is -0.492 e. The first-order valence-corrected chi connectivity index (χ1v) is 12.9. The highest BCUT2D eigenvalue weighted by atomic mass is 32.2. The Morgan fingerprint density at radius 2 is 1.85 bits per heavy atom. The van der Waals surface area contributed by atoms with Crippen molar-refractivity contribution < 1.29 is 22.7 Å². The van der Waals surface area contributed by atoms with Gasteiger partial charge in [-0.15, -0.1) is 0 Å². The van der Waals surface area contributed by atoms with Crippen molar-refractivity contribution in [2.24, 2.45) is 0 Å². The summed E-state index contributed by atoms with van der Waals surface area (Å²) >= 11 is 0. The van der Waals surface area contributed by atoms with Crippen molar-refractivity contribution in [3.63, 3.8) is 0 Å². The molecule has 180 valence electrons. The fourth-order valence-corrected chi connectivity index (χ4v) is 6.10. The van der Waals surface area contributed by atoms with Gasteiger partial charge >= 0.3 is 0 Å². The maximum absolute atomic E-state index is 13.2. The Morgan fingerprint density at radius 1 is 1.12 bits per heavy atom. The summed E-state index contributed by atoms with van der Waals surface area (Å²) in [6.07, 6.45) is 5.23. The number of benzene rings is 2. The van der Waals surface area contributed by atoms with Gasteiger partial charge in [-0.2, -0.15) is 4.31 Å². The average Bonchev–Trinajstić information content (AvgIpc) is 3.36. The zero-order valence-corrected chi connectivity index (χ0v) is 20.2. The highest BCUT2D eigenvalue weighted by molar-refractivity contribution is 7.89. The number of carbonyl (C=O) groups excluding carboxylic acids is 2. The molecule has 0 spiro atoms. The molecule has 2 heterocycles. The van der Waals surface area contributed by atoms with Gasteiger partial charge in [-0.1, -0.05) is 24.3 Å². The number of nitrogens with zero attached hydrogens (tertiary/aromatic N) is 2. The third kappa shape index (κ3) is 4.85. The minimum atomic E-state index is -3.74. The van der Waals surface area contributed by atoms with E-state index in [-0.39, 0.29) is 28.9 Å². The van der Waals surface area contributed by atoms with E-state index in [1.165, 1.54) is 17.3 Å². The number of sulfonamides is 1. The lowest BCUT2D eigenvalue weighted by molar-refractivity contribution is -0.129. The number of nitrogens with one attached hydrogen (secondary N) is 1. The fraction of sp³-hybridized carbons (Fsp3) is 0.360. The molecule has 2 aliphatic heterocycles. The summed E-state index contributed by atoms with van der Waals surface area (Å²) in [6, 6.07) is 11.8. The van der Waals surface area contributed by atoms with E-state index in [0.29, 0.717) is 25.4 Å². The summed E-state index contributed by atoms with van der Waals surface area (Å²) in [7, 11) is -3.74. The Morgan fingerprint density at radius 3 is 2.56 bits per heavy atom. The summed E-state index contributed by atoms with van der Waals surface area (Å²) in [5.41, 5.74) is 2.21. The van der Waals surface area contributed by atoms with Gasteiger partial charge in [0.1, 0.15) is 10.6 Å². The highest BCUT2D eigenvalue weighted by Crippen LogP contribution is 2.34. The van der Waals surface area contributed by atoms with Gasteiger partial charge in [0.15, 0.2) is 0 Å². The molecule has 0 aliphatic carbocycles. The molecule has 1 fully saturated rings. The van der Waals surface area contributed by atoms with Crippen LogP contribution >= 0.6 is 0 Å². The molecule has 1 unspecified atom stereocenters. The van der Waals surface area contributed by atoms with Crippen molar-refractivity contribution in [2.45, 2.75) is 44.0 Å². The first-order chi connectivity index (χ1) is 16.3. The number of hydrogen-bond donors (Lipinski definition) is 1. The zero-order valence-electron chi connectivity index (χ0n) is 19.4. The minimum absolute atomic E-state index is 0.0301. The molecule has 34 heavy (non-hydrogen) atoms. The lowest BCUT2D eigenvalue weighted by Gasteiger charge is -2.32. The molecule has 1 atom stereocenters. The van der Waals surface area contributed by atoms with Gasteiger partial charge in [0.2, 0.25) is 21.8 Å². The topological polar surface area (TPSA) is 96.0 Å². The predicted molar refractivity (Wildman–Crippen MR) is 130 cm³/mol. The molecule has 8 nitrogen and oxygen atoms in total. The molecule has 2 amide bonds. The monoisotopic (exact) mass is 483 g/mol. The summed E-state index contributed by atoms with van der Waals surface area (Å²) in [6.45, 7) is 4.52. The van der Waals surface area contributed by atoms with Gasteiger partial charge in [-0.05, 0) is 55.2 Å². The quantitative estimate of drug-likeness (QED) is 0.647. The maximum atomic E-state index is 13.2. The van der Waals surface area contributed by atoms with Crippen LogP contribution in [0.25, 0.3) is 6.08 Å². The summed E-state index contributed by atoms with van der Waals surface area (Å²) in [5.74, 6) is -0.222. The van der Waals surface area contributed by atoms with E-state index >= 15 is 0 Å². The lowest BCUT2D eigenvalue weighted by Crippen LogP contribution is -2.33. The van der Waals surface area contributed by atoms with Gasteiger partial charge in [0, 0.05) is 31.9 Å². The molecular weight excluding hydrogens is 454 g/mol. The van der Waals surface area contributed by atoms with Crippen molar-refractivity contribution in [1.29, 1.82) is 0 Å². The van der Waals surface area contributed by atoms with E-state index in [4.69, 9.17) is 4.74 Å². The summed E-state index contributed by atoms with van der Waals surface area (Å²) in [5, 5.41) is 2.81.